The molecular weight excluding hydrogens is 256 g/mol. The van der Waals surface area contributed by atoms with Gasteiger partial charge in [-0.05, 0) is 41.5 Å². The summed E-state index contributed by atoms with van der Waals surface area (Å²) in [5.41, 5.74) is -1.59. The van der Waals surface area contributed by atoms with Crippen molar-refractivity contribution in [3.63, 3.8) is 0 Å². The fraction of sp³-hybridized carbons (Fsp3) is 0.833. The number of hydrogen-bond donors (Lipinski definition) is 1. The van der Waals surface area contributed by atoms with Crippen molar-refractivity contribution in [2.45, 2.75) is 65.6 Å². The van der Waals surface area contributed by atoms with Crippen molar-refractivity contribution in [1.82, 2.24) is 0 Å². The summed E-state index contributed by atoms with van der Waals surface area (Å²) in [5, 5.41) is 9.60. The van der Waals surface area contributed by atoms with Crippen molar-refractivity contribution in [2.75, 3.05) is 0 Å². The molecule has 0 radical (unpaired) electrons. The van der Waals surface area contributed by atoms with Gasteiger partial charge in [0.1, 0.15) is 11.2 Å². The predicted molar refractivity (Wildman–Crippen MR) is 65.3 cm³/mol. The first kappa shape index (κ1) is 17.5. The van der Waals surface area contributed by atoms with Crippen LogP contribution in [0.15, 0.2) is 0 Å². The summed E-state index contributed by atoms with van der Waals surface area (Å²) in [5.74, 6) is -2.47. The first-order valence-corrected chi connectivity index (χ1v) is 5.76. The van der Waals surface area contributed by atoms with Crippen LogP contribution in [0, 0.1) is 0 Å². The monoisotopic (exact) mass is 278 g/mol. The molecule has 0 aliphatic heterocycles. The van der Waals surface area contributed by atoms with Crippen LogP contribution < -0.4 is 0 Å². The van der Waals surface area contributed by atoms with E-state index in [1.807, 2.05) is 0 Å². The molecule has 0 amide bonds. The third-order valence-electron chi connectivity index (χ3n) is 1.32. The maximum absolute atomic E-state index is 11.3. The summed E-state index contributed by atoms with van der Waals surface area (Å²) in [6.07, 6.45) is -2.33. The Bertz CT molecular complexity index is 301. The molecule has 0 saturated heterocycles. The minimum Gasteiger partial charge on any atom is -0.428 e. The van der Waals surface area contributed by atoms with E-state index in [1.165, 1.54) is 0 Å². The summed E-state index contributed by atoms with van der Waals surface area (Å²) in [4.78, 5) is 22.6. The Morgan fingerprint density at radius 2 is 0.947 bits per heavy atom. The quantitative estimate of drug-likeness (QED) is 0.613. The third-order valence-corrected chi connectivity index (χ3v) is 1.32. The summed E-state index contributed by atoms with van der Waals surface area (Å²) < 4.78 is 18.5. The SMILES string of the molecule is CC(C)(C)OC(=O)OC(C)(O)OC(=O)OC(C)(C)C. The molecule has 0 aromatic carbocycles. The lowest BCUT2D eigenvalue weighted by Gasteiger charge is -2.26. The molecule has 7 heteroatoms. The van der Waals surface area contributed by atoms with Gasteiger partial charge in [-0.3, -0.25) is 0 Å². The van der Waals surface area contributed by atoms with Crippen LogP contribution in [0.25, 0.3) is 0 Å². The van der Waals surface area contributed by atoms with E-state index in [0.717, 1.165) is 6.92 Å². The second-order valence-electron chi connectivity index (χ2n) is 6.03. The molecule has 0 unspecified atom stereocenters. The molecule has 0 spiro atoms. The summed E-state index contributed by atoms with van der Waals surface area (Å²) >= 11 is 0. The highest BCUT2D eigenvalue weighted by Crippen LogP contribution is 2.17. The Hall–Kier alpha value is -1.50. The van der Waals surface area contributed by atoms with Crippen molar-refractivity contribution >= 4 is 12.3 Å². The fourth-order valence-corrected chi connectivity index (χ4v) is 0.872. The molecule has 112 valence electrons. The largest absolute Gasteiger partial charge is 0.513 e. The molecule has 7 nitrogen and oxygen atoms in total. The second kappa shape index (κ2) is 5.64. The van der Waals surface area contributed by atoms with Gasteiger partial charge < -0.3 is 24.1 Å². The maximum Gasteiger partial charge on any atom is 0.513 e. The van der Waals surface area contributed by atoms with Crippen molar-refractivity contribution in [2.24, 2.45) is 0 Å². The lowest BCUT2D eigenvalue weighted by Crippen LogP contribution is -2.40. The zero-order valence-electron chi connectivity index (χ0n) is 12.4. The van der Waals surface area contributed by atoms with E-state index in [9.17, 15) is 14.7 Å². The van der Waals surface area contributed by atoms with Crippen LogP contribution in [0.4, 0.5) is 9.59 Å². The first-order chi connectivity index (χ1) is 8.20. The van der Waals surface area contributed by atoms with Gasteiger partial charge in [0.15, 0.2) is 0 Å². The van der Waals surface area contributed by atoms with E-state index in [0.29, 0.717) is 0 Å². The van der Waals surface area contributed by atoms with Gasteiger partial charge in [-0.25, -0.2) is 9.59 Å². The zero-order valence-corrected chi connectivity index (χ0v) is 12.4. The van der Waals surface area contributed by atoms with E-state index in [-0.39, 0.29) is 0 Å². The molecule has 0 bridgehead atoms. The summed E-state index contributed by atoms with van der Waals surface area (Å²) in [6.45, 7) is 10.7. The van der Waals surface area contributed by atoms with Crippen molar-refractivity contribution in [3.05, 3.63) is 0 Å². The van der Waals surface area contributed by atoms with Crippen LogP contribution in [0.5, 0.6) is 0 Å². The van der Waals surface area contributed by atoms with Crippen LogP contribution in [0.3, 0.4) is 0 Å². The maximum atomic E-state index is 11.3. The number of carbonyl (C=O) groups is 2. The van der Waals surface area contributed by atoms with E-state index >= 15 is 0 Å². The highest BCUT2D eigenvalue weighted by molar-refractivity contribution is 5.63. The molecule has 0 saturated carbocycles. The molecule has 0 atom stereocenters. The number of hydrogen-bond acceptors (Lipinski definition) is 7. The van der Waals surface area contributed by atoms with Crippen LogP contribution in [0.1, 0.15) is 48.5 Å². The highest BCUT2D eigenvalue weighted by atomic mass is 16.9. The van der Waals surface area contributed by atoms with E-state index < -0.39 is 29.5 Å². The Labute approximate surface area is 112 Å². The number of carbonyl (C=O) groups excluding carboxylic acids is 2. The Balaban J connectivity index is 4.40. The number of aliphatic hydroxyl groups is 1. The van der Waals surface area contributed by atoms with Gasteiger partial charge in [0.25, 0.3) is 0 Å². The molecule has 0 rings (SSSR count). The average Bonchev–Trinajstić information content (AvgIpc) is 1.89. The van der Waals surface area contributed by atoms with E-state index in [4.69, 9.17) is 9.47 Å². The topological polar surface area (TPSA) is 91.3 Å². The zero-order chi connectivity index (χ0) is 15.5. The average molecular weight is 278 g/mol. The minimum absolute atomic E-state index is 0.793. The second-order valence-corrected chi connectivity index (χ2v) is 6.03. The van der Waals surface area contributed by atoms with Gasteiger partial charge in [-0.2, -0.15) is 0 Å². The van der Waals surface area contributed by atoms with Crippen LogP contribution in [-0.2, 0) is 18.9 Å². The molecule has 0 aliphatic carbocycles. The Morgan fingerprint density at radius 1 is 0.684 bits per heavy atom. The van der Waals surface area contributed by atoms with Crippen LogP contribution in [0.2, 0.25) is 0 Å². The van der Waals surface area contributed by atoms with Crippen LogP contribution in [-0.4, -0.2) is 34.6 Å². The molecular formula is C12H22O7. The first-order valence-electron chi connectivity index (χ1n) is 5.76. The van der Waals surface area contributed by atoms with Gasteiger partial charge in [0.05, 0.1) is 0 Å². The Kier molecular flexibility index (Phi) is 5.20. The molecule has 0 aromatic heterocycles. The minimum atomic E-state index is -2.47. The summed E-state index contributed by atoms with van der Waals surface area (Å²) in [6, 6.07) is 0. The van der Waals surface area contributed by atoms with Crippen molar-refractivity contribution < 1.29 is 33.6 Å². The molecule has 0 aromatic rings. The smallest absolute Gasteiger partial charge is 0.428 e. The lowest BCUT2D eigenvalue weighted by molar-refractivity contribution is -0.308. The van der Waals surface area contributed by atoms with Gasteiger partial charge >= 0.3 is 18.3 Å². The highest BCUT2D eigenvalue weighted by Gasteiger charge is 2.35. The van der Waals surface area contributed by atoms with Crippen molar-refractivity contribution in [3.8, 4) is 0 Å². The standard InChI is InChI=1S/C12H22O7/c1-10(2,3)16-8(13)18-12(7,15)19-9(14)17-11(4,5)6/h15H,1-7H3. The third kappa shape index (κ3) is 10.1. The van der Waals surface area contributed by atoms with Crippen molar-refractivity contribution in [1.29, 1.82) is 0 Å². The molecule has 1 N–H and O–H groups in total. The molecule has 0 heterocycles. The van der Waals surface area contributed by atoms with E-state index in [1.54, 1.807) is 41.5 Å². The number of rotatable bonds is 2. The van der Waals surface area contributed by atoms with Gasteiger partial charge in [-0.15, -0.1) is 0 Å². The fourth-order valence-electron chi connectivity index (χ4n) is 0.872. The molecule has 0 aliphatic rings. The van der Waals surface area contributed by atoms with Gasteiger partial charge in [0, 0.05) is 6.92 Å². The lowest BCUT2D eigenvalue weighted by atomic mass is 10.2. The molecule has 19 heavy (non-hydrogen) atoms. The molecule has 0 fully saturated rings. The van der Waals surface area contributed by atoms with Gasteiger partial charge in [-0.1, -0.05) is 0 Å². The Morgan fingerprint density at radius 3 is 1.16 bits per heavy atom. The summed E-state index contributed by atoms with van der Waals surface area (Å²) in [7, 11) is 0. The predicted octanol–water partition coefficient (Wildman–Crippen LogP) is 2.56. The normalized spacial score (nSPS) is 12.6. The van der Waals surface area contributed by atoms with Crippen LogP contribution >= 0.6 is 0 Å². The number of ether oxygens (including phenoxy) is 4. The van der Waals surface area contributed by atoms with Gasteiger partial charge in [0.2, 0.25) is 0 Å². The van der Waals surface area contributed by atoms with E-state index in [2.05, 4.69) is 9.47 Å².